The number of aliphatic hydroxyl groups is 2. The van der Waals surface area contributed by atoms with Crippen LogP contribution in [0.1, 0.15) is 0 Å². The Morgan fingerprint density at radius 3 is 1.00 bits per heavy atom. The van der Waals surface area contributed by atoms with E-state index in [4.69, 9.17) is 10.2 Å². The second-order valence-corrected chi connectivity index (χ2v) is 1.97. The predicted molar refractivity (Wildman–Crippen MR) is 31.2 cm³/mol. The van der Waals surface area contributed by atoms with E-state index in [0.29, 0.717) is 0 Å². The monoisotopic (exact) mass is 260 g/mol. The quantitative estimate of drug-likeness (QED) is 0.540. The van der Waals surface area contributed by atoms with Crippen molar-refractivity contribution in [2.75, 3.05) is 0 Å². The van der Waals surface area contributed by atoms with Gasteiger partial charge in [0, 0.05) is 0 Å². The van der Waals surface area contributed by atoms with Crippen molar-refractivity contribution in [3.63, 3.8) is 0 Å². The van der Waals surface area contributed by atoms with E-state index in [1.165, 1.54) is 0 Å². The molecule has 0 aliphatic heterocycles. The van der Waals surface area contributed by atoms with E-state index in [2.05, 4.69) is 4.82 Å². The molecule has 0 aromatic carbocycles. The summed E-state index contributed by atoms with van der Waals surface area (Å²) in [7, 11) is 0. The van der Waals surface area contributed by atoms with Crippen LogP contribution in [0.15, 0.2) is 0 Å². The molecule has 0 rings (SSSR count). The Morgan fingerprint density at radius 1 is 0.786 bits per heavy atom. The molecule has 84 valence electrons. The third kappa shape index (κ3) is 5.74. The second-order valence-electron chi connectivity index (χ2n) is 1.97. The van der Waals surface area contributed by atoms with Crippen molar-refractivity contribution in [2.24, 2.45) is 0 Å². The third-order valence-electron chi connectivity index (χ3n) is 0.970. The van der Waals surface area contributed by atoms with Gasteiger partial charge >= 0.3 is 37.1 Å². The second kappa shape index (κ2) is 5.84. The maximum atomic E-state index is 11.3. The summed E-state index contributed by atoms with van der Waals surface area (Å²) in [5, 5.41) is 15.8. The third-order valence-corrected chi connectivity index (χ3v) is 0.970. The van der Waals surface area contributed by atoms with E-state index >= 15 is 0 Å². The summed E-state index contributed by atoms with van der Waals surface area (Å²) in [4.78, 5) is 3.25. The average Bonchev–Trinajstić information content (AvgIpc) is 2.02. The zero-order valence-electron chi connectivity index (χ0n) is 6.52. The molecule has 2 N–H and O–H groups in total. The Kier molecular flexibility index (Phi) is 6.89. The SMILES string of the molecule is O[C@@H]([C@H](O)C(F)(F)F)C(F)(F)F.[CH2]=[Ti]. The zero-order chi connectivity index (χ0) is 12.2. The first-order valence-corrected chi connectivity index (χ1v) is 4.02. The molecule has 9 heteroatoms. The predicted octanol–water partition coefficient (Wildman–Crippen LogP) is 0.798. The molecule has 14 heavy (non-hydrogen) atoms. The van der Waals surface area contributed by atoms with E-state index in [-0.39, 0.29) is 0 Å². The van der Waals surface area contributed by atoms with E-state index < -0.39 is 24.6 Å². The molecular weight excluding hydrogens is 254 g/mol. The van der Waals surface area contributed by atoms with Gasteiger partial charge in [-0.15, -0.1) is 0 Å². The van der Waals surface area contributed by atoms with Crippen LogP contribution in [0.25, 0.3) is 0 Å². The van der Waals surface area contributed by atoms with Crippen LogP contribution in [0.5, 0.6) is 0 Å². The number of aliphatic hydroxyl groups excluding tert-OH is 2. The fourth-order valence-corrected chi connectivity index (χ4v) is 0.358. The van der Waals surface area contributed by atoms with Gasteiger partial charge in [0.05, 0.1) is 0 Å². The van der Waals surface area contributed by atoms with Crippen molar-refractivity contribution in [3.05, 3.63) is 0 Å². The molecule has 0 aliphatic carbocycles. The van der Waals surface area contributed by atoms with Crippen LogP contribution in [0.3, 0.4) is 0 Å². The first kappa shape index (κ1) is 16.5. The van der Waals surface area contributed by atoms with Gasteiger partial charge in [-0.25, -0.2) is 0 Å². The Labute approximate surface area is 86.4 Å². The van der Waals surface area contributed by atoms with Crippen LogP contribution in [0, 0.1) is 0 Å². The molecule has 0 saturated heterocycles. The first-order valence-electron chi connectivity index (χ1n) is 2.91. The molecule has 0 amide bonds. The van der Waals surface area contributed by atoms with Gasteiger partial charge in [0.1, 0.15) is 0 Å². The van der Waals surface area contributed by atoms with Crippen LogP contribution in [0.2, 0.25) is 0 Å². The summed E-state index contributed by atoms with van der Waals surface area (Å²) in [5.41, 5.74) is 0. The van der Waals surface area contributed by atoms with E-state index in [0.717, 1.165) is 0 Å². The number of hydrogen-bond donors (Lipinski definition) is 2. The van der Waals surface area contributed by atoms with Crippen LogP contribution in [0.4, 0.5) is 26.3 Å². The van der Waals surface area contributed by atoms with Gasteiger partial charge in [-0.2, -0.15) is 26.3 Å². The van der Waals surface area contributed by atoms with Gasteiger partial charge in [-0.1, -0.05) is 0 Å². The molecule has 0 saturated carbocycles. The minimum absolute atomic E-state index is 1.75. The summed E-state index contributed by atoms with van der Waals surface area (Å²) in [6, 6.07) is 0. The molecule has 0 radical (unpaired) electrons. The molecule has 0 aliphatic rings. The summed E-state index contributed by atoms with van der Waals surface area (Å²) in [6.45, 7) is 0. The van der Waals surface area contributed by atoms with Crippen molar-refractivity contribution < 1.29 is 56.5 Å². The zero-order valence-corrected chi connectivity index (χ0v) is 8.09. The number of alkyl halides is 6. The van der Waals surface area contributed by atoms with Crippen LogP contribution in [-0.4, -0.2) is 39.6 Å². The van der Waals surface area contributed by atoms with E-state index in [9.17, 15) is 26.3 Å². The Hall–Kier alpha value is 0.0843. The van der Waals surface area contributed by atoms with Gasteiger partial charge in [0.25, 0.3) is 0 Å². The Balaban J connectivity index is 0. The topological polar surface area (TPSA) is 40.5 Å². The number of hydrogen-bond acceptors (Lipinski definition) is 2. The van der Waals surface area contributed by atoms with Gasteiger partial charge in [0.15, 0.2) is 12.2 Å². The van der Waals surface area contributed by atoms with Gasteiger partial charge < -0.3 is 10.2 Å². The van der Waals surface area contributed by atoms with Gasteiger partial charge in [0.2, 0.25) is 0 Å². The van der Waals surface area contributed by atoms with Crippen molar-refractivity contribution in [1.29, 1.82) is 0 Å². The molecule has 2 nitrogen and oxygen atoms in total. The van der Waals surface area contributed by atoms with Crippen molar-refractivity contribution in [2.45, 2.75) is 24.6 Å². The fourth-order valence-electron chi connectivity index (χ4n) is 0.358. The summed E-state index contributed by atoms with van der Waals surface area (Å²) in [5.74, 6) is 0. The summed E-state index contributed by atoms with van der Waals surface area (Å²) >= 11 is 1.75. The summed E-state index contributed by atoms with van der Waals surface area (Å²) < 4.78 is 67.9. The Morgan fingerprint density at radius 2 is 0.929 bits per heavy atom. The van der Waals surface area contributed by atoms with Crippen LogP contribution >= 0.6 is 0 Å². The molecule has 0 aromatic rings. The molecule has 0 bridgehead atoms. The van der Waals surface area contributed by atoms with Gasteiger partial charge in [-0.05, 0) is 0 Å². The van der Waals surface area contributed by atoms with E-state index in [1.54, 1.807) is 20.0 Å². The number of halogens is 6. The molecule has 2 atom stereocenters. The average molecular weight is 260 g/mol. The molecule has 0 spiro atoms. The van der Waals surface area contributed by atoms with Crippen molar-refractivity contribution in [3.8, 4) is 0 Å². The summed E-state index contributed by atoms with van der Waals surface area (Å²) in [6.07, 6.45) is -18.5. The van der Waals surface area contributed by atoms with E-state index in [1.807, 2.05) is 0 Å². The van der Waals surface area contributed by atoms with Crippen LogP contribution in [-0.2, 0) is 20.0 Å². The molecule has 0 heterocycles. The molecule has 0 aromatic heterocycles. The van der Waals surface area contributed by atoms with Gasteiger partial charge in [-0.3, -0.25) is 0 Å². The Bertz CT molecular complexity index is 149. The normalized spacial score (nSPS) is 16.5. The standard InChI is InChI=1S/C4H4F6O2.CH2.Ti/c5-3(6,7)1(11)2(12)4(8,9)10;;/h1-2,11-12H;1H2;/t1-,2-;;/m0../s1. The first-order chi connectivity index (χ1) is 6.07. The molecule has 0 fully saturated rings. The minimum atomic E-state index is -5.48. The maximum absolute atomic E-state index is 11.3. The molecule has 0 unspecified atom stereocenters. The fraction of sp³-hybridized carbons (Fsp3) is 0.800. The van der Waals surface area contributed by atoms with Crippen LogP contribution < -0.4 is 0 Å². The van der Waals surface area contributed by atoms with Crippen molar-refractivity contribution >= 4 is 4.82 Å². The molecular formula is C5H6F6O2Ti. The van der Waals surface area contributed by atoms with Crippen molar-refractivity contribution in [1.82, 2.24) is 0 Å². The number of rotatable bonds is 1.